The first-order valence-electron chi connectivity index (χ1n) is 6.29. The van der Waals surface area contributed by atoms with E-state index in [-0.39, 0.29) is 18.3 Å². The molecule has 0 saturated carbocycles. The first-order chi connectivity index (χ1) is 10.5. The van der Waals surface area contributed by atoms with E-state index in [0.717, 1.165) is 11.8 Å². The lowest BCUT2D eigenvalue weighted by Crippen LogP contribution is -2.21. The lowest BCUT2D eigenvalue weighted by Gasteiger charge is -2.05. The van der Waals surface area contributed by atoms with Gasteiger partial charge in [-0.05, 0) is 5.56 Å². The molecular weight excluding hydrogens is 290 g/mol. The number of ether oxygens (including phenoxy) is 2. The van der Waals surface area contributed by atoms with E-state index in [9.17, 15) is 14.4 Å². The normalized spacial score (nSPS) is 10.0. The van der Waals surface area contributed by atoms with Crippen LogP contribution >= 0.6 is 0 Å². The zero-order valence-electron chi connectivity index (χ0n) is 11.4. The Morgan fingerprint density at radius 1 is 1.18 bits per heavy atom. The number of nitrogens with one attached hydrogen (secondary N) is 1. The highest BCUT2D eigenvalue weighted by atomic mass is 16.6. The highest BCUT2D eigenvalue weighted by Gasteiger charge is 2.15. The Kier molecular flexibility index (Phi) is 4.86. The fourth-order valence-corrected chi connectivity index (χ4v) is 1.54. The first-order valence-corrected chi connectivity index (χ1v) is 6.29. The predicted molar refractivity (Wildman–Crippen MR) is 75.8 cm³/mol. The van der Waals surface area contributed by atoms with Crippen LogP contribution < -0.4 is 16.0 Å². The van der Waals surface area contributed by atoms with Crippen molar-refractivity contribution in [1.29, 1.82) is 0 Å². The third-order valence-electron chi connectivity index (χ3n) is 2.54. The van der Waals surface area contributed by atoms with Crippen LogP contribution in [0.4, 0.5) is 5.95 Å². The van der Waals surface area contributed by atoms with Crippen LogP contribution in [0.15, 0.2) is 41.3 Å². The predicted octanol–water partition coefficient (Wildman–Crippen LogP) is 0.391. The van der Waals surface area contributed by atoms with Crippen LogP contribution in [0.25, 0.3) is 0 Å². The van der Waals surface area contributed by atoms with Crippen LogP contribution in [-0.2, 0) is 20.9 Å². The fourth-order valence-electron chi connectivity index (χ4n) is 1.54. The van der Waals surface area contributed by atoms with E-state index < -0.39 is 23.9 Å². The molecule has 0 amide bonds. The van der Waals surface area contributed by atoms with Crippen LogP contribution in [0.2, 0.25) is 0 Å². The lowest BCUT2D eigenvalue weighted by molar-refractivity contribution is -0.151. The standard InChI is InChI=1S/C14H13N3O5/c15-14-16-7-10(13(20)17-14)22-12(19)6-11(18)21-8-9-4-2-1-3-5-9/h1-5,7H,6,8H2,(H3,15,16,17,20). The minimum absolute atomic E-state index is 0.0525. The summed E-state index contributed by atoms with van der Waals surface area (Å²) in [6.07, 6.45) is 0.387. The maximum absolute atomic E-state index is 11.5. The second-order valence-corrected chi connectivity index (χ2v) is 4.26. The molecule has 22 heavy (non-hydrogen) atoms. The third-order valence-corrected chi connectivity index (χ3v) is 2.54. The average Bonchev–Trinajstić information content (AvgIpc) is 2.49. The zero-order chi connectivity index (χ0) is 15.9. The molecule has 0 saturated heterocycles. The van der Waals surface area contributed by atoms with Gasteiger partial charge in [0, 0.05) is 0 Å². The van der Waals surface area contributed by atoms with E-state index >= 15 is 0 Å². The molecule has 3 N–H and O–H groups in total. The topological polar surface area (TPSA) is 124 Å². The summed E-state index contributed by atoms with van der Waals surface area (Å²) in [4.78, 5) is 40.2. The maximum Gasteiger partial charge on any atom is 0.322 e. The first kappa shape index (κ1) is 15.2. The number of nitrogen functional groups attached to an aromatic ring is 1. The number of rotatable bonds is 5. The van der Waals surface area contributed by atoms with Gasteiger partial charge in [0.1, 0.15) is 13.0 Å². The fraction of sp³-hybridized carbons (Fsp3) is 0.143. The van der Waals surface area contributed by atoms with Crippen LogP contribution in [0.5, 0.6) is 5.75 Å². The van der Waals surface area contributed by atoms with Gasteiger partial charge in [-0.3, -0.25) is 19.4 Å². The van der Waals surface area contributed by atoms with E-state index in [2.05, 4.69) is 9.97 Å². The van der Waals surface area contributed by atoms with Crippen molar-refractivity contribution >= 4 is 17.9 Å². The van der Waals surface area contributed by atoms with Crippen molar-refractivity contribution in [3.8, 4) is 5.75 Å². The number of H-pyrrole nitrogens is 1. The molecule has 0 fully saturated rings. The molecule has 1 aromatic heterocycles. The van der Waals surface area contributed by atoms with Crippen molar-refractivity contribution in [3.05, 3.63) is 52.4 Å². The second kappa shape index (κ2) is 7.02. The largest absolute Gasteiger partial charge is 0.460 e. The number of hydrogen-bond donors (Lipinski definition) is 2. The summed E-state index contributed by atoms with van der Waals surface area (Å²) in [5.74, 6) is -2.12. The number of nitrogens with two attached hydrogens (primary N) is 1. The number of carbonyl (C=O) groups is 2. The van der Waals surface area contributed by atoms with Crippen molar-refractivity contribution in [1.82, 2.24) is 9.97 Å². The maximum atomic E-state index is 11.5. The SMILES string of the molecule is Nc1ncc(OC(=O)CC(=O)OCc2ccccc2)c(=O)[nH]1. The molecule has 2 aromatic rings. The molecule has 8 heteroatoms. The summed E-state index contributed by atoms with van der Waals surface area (Å²) in [7, 11) is 0. The lowest BCUT2D eigenvalue weighted by atomic mass is 10.2. The summed E-state index contributed by atoms with van der Waals surface area (Å²) < 4.78 is 9.65. The summed E-state index contributed by atoms with van der Waals surface area (Å²) in [6, 6.07) is 9.01. The quantitative estimate of drug-likeness (QED) is 0.604. The van der Waals surface area contributed by atoms with Gasteiger partial charge in [0.25, 0.3) is 5.56 Å². The molecule has 1 heterocycles. The van der Waals surface area contributed by atoms with Crippen molar-refractivity contribution in [2.45, 2.75) is 13.0 Å². The molecule has 0 bridgehead atoms. The van der Waals surface area contributed by atoms with Crippen LogP contribution in [0, 0.1) is 0 Å². The average molecular weight is 303 g/mol. The molecule has 0 aliphatic carbocycles. The van der Waals surface area contributed by atoms with E-state index in [1.165, 1.54) is 0 Å². The molecule has 0 unspecified atom stereocenters. The summed E-state index contributed by atoms with van der Waals surface area (Å²) >= 11 is 0. The van der Waals surface area contributed by atoms with Crippen molar-refractivity contribution in [2.24, 2.45) is 0 Å². The van der Waals surface area contributed by atoms with E-state index in [0.29, 0.717) is 0 Å². The number of benzene rings is 1. The van der Waals surface area contributed by atoms with Gasteiger partial charge in [0.2, 0.25) is 5.75 Å². The van der Waals surface area contributed by atoms with Crippen molar-refractivity contribution in [2.75, 3.05) is 5.73 Å². The zero-order valence-corrected chi connectivity index (χ0v) is 11.4. The summed E-state index contributed by atoms with van der Waals surface area (Å²) in [5.41, 5.74) is 5.34. The number of carbonyl (C=O) groups excluding carboxylic acids is 2. The van der Waals surface area contributed by atoms with E-state index in [1.807, 2.05) is 6.07 Å². The molecule has 2 rings (SSSR count). The van der Waals surface area contributed by atoms with Gasteiger partial charge in [-0.2, -0.15) is 0 Å². The molecule has 0 radical (unpaired) electrons. The molecule has 0 aliphatic heterocycles. The number of aromatic amines is 1. The Balaban J connectivity index is 1.84. The van der Waals surface area contributed by atoms with Gasteiger partial charge >= 0.3 is 11.9 Å². The highest BCUT2D eigenvalue weighted by molar-refractivity contribution is 5.92. The highest BCUT2D eigenvalue weighted by Crippen LogP contribution is 2.04. The van der Waals surface area contributed by atoms with Crippen LogP contribution in [0.3, 0.4) is 0 Å². The molecule has 0 aliphatic rings. The monoisotopic (exact) mass is 303 g/mol. The van der Waals surface area contributed by atoms with Crippen molar-refractivity contribution in [3.63, 3.8) is 0 Å². The van der Waals surface area contributed by atoms with Crippen molar-refractivity contribution < 1.29 is 19.1 Å². The third kappa shape index (κ3) is 4.44. The smallest absolute Gasteiger partial charge is 0.322 e. The minimum atomic E-state index is -0.921. The Morgan fingerprint density at radius 2 is 1.91 bits per heavy atom. The molecule has 114 valence electrons. The van der Waals surface area contributed by atoms with Gasteiger partial charge in [-0.15, -0.1) is 0 Å². The van der Waals surface area contributed by atoms with Gasteiger partial charge in [0.05, 0.1) is 6.20 Å². The minimum Gasteiger partial charge on any atom is -0.460 e. The Bertz CT molecular complexity index is 727. The molecule has 1 aromatic carbocycles. The Labute approximate surface area is 124 Å². The summed E-state index contributed by atoms with van der Waals surface area (Å²) in [5, 5.41) is 0. The number of anilines is 1. The van der Waals surface area contributed by atoms with Gasteiger partial charge in [-0.1, -0.05) is 30.3 Å². The van der Waals surface area contributed by atoms with Gasteiger partial charge in [-0.25, -0.2) is 4.98 Å². The number of nitrogens with zero attached hydrogens (tertiary/aromatic N) is 1. The molecule has 0 spiro atoms. The van der Waals surface area contributed by atoms with E-state index in [1.54, 1.807) is 24.3 Å². The van der Waals surface area contributed by atoms with Crippen LogP contribution in [0.1, 0.15) is 12.0 Å². The molecule has 0 atom stereocenters. The molecular formula is C14H13N3O5. The van der Waals surface area contributed by atoms with Gasteiger partial charge < -0.3 is 15.2 Å². The Hall–Kier alpha value is -3.16. The second-order valence-electron chi connectivity index (χ2n) is 4.26. The number of hydrogen-bond acceptors (Lipinski definition) is 7. The van der Waals surface area contributed by atoms with Gasteiger partial charge in [0.15, 0.2) is 5.95 Å². The number of esters is 2. The summed E-state index contributed by atoms with van der Waals surface area (Å²) in [6.45, 7) is 0.0525. The van der Waals surface area contributed by atoms with Crippen LogP contribution in [-0.4, -0.2) is 21.9 Å². The Morgan fingerprint density at radius 3 is 2.59 bits per heavy atom. The molecule has 8 nitrogen and oxygen atoms in total. The van der Waals surface area contributed by atoms with E-state index in [4.69, 9.17) is 15.2 Å². The number of aromatic nitrogens is 2.